The van der Waals surface area contributed by atoms with Gasteiger partial charge in [-0.3, -0.25) is 0 Å². The lowest BCUT2D eigenvalue weighted by molar-refractivity contribution is 1.22. The van der Waals surface area contributed by atoms with Crippen LogP contribution >= 0.6 is 0 Å². The number of allylic oxidation sites excluding steroid dienone is 5. The van der Waals surface area contributed by atoms with Crippen LogP contribution < -0.4 is 0 Å². The van der Waals surface area contributed by atoms with Gasteiger partial charge in [-0.2, -0.15) is 0 Å². The van der Waals surface area contributed by atoms with E-state index in [4.69, 9.17) is 5.39 Å². The molecule has 0 atom stereocenters. The van der Waals surface area contributed by atoms with Crippen LogP contribution in [0.25, 0.3) is 4.98 Å². The predicted octanol–water partition coefficient (Wildman–Crippen LogP) is 2.63. The Hall–Kier alpha value is -1.36. The first-order valence-corrected chi connectivity index (χ1v) is 3.22. The summed E-state index contributed by atoms with van der Waals surface area (Å²) in [6, 6.07) is 0. The van der Waals surface area contributed by atoms with Crippen molar-refractivity contribution >= 4 is 0 Å². The summed E-state index contributed by atoms with van der Waals surface area (Å²) in [5, 5.41) is 8.38. The topological polar surface area (TPSA) is 28.1 Å². The van der Waals surface area contributed by atoms with Crippen LogP contribution in [0.4, 0.5) is 0 Å². The predicted molar refractivity (Wildman–Crippen MR) is 40.7 cm³/mol. The van der Waals surface area contributed by atoms with Crippen LogP contribution in [0.1, 0.15) is 13.3 Å². The van der Waals surface area contributed by atoms with Crippen LogP contribution in [0.15, 0.2) is 35.6 Å². The Morgan fingerprint density at radius 2 is 2.30 bits per heavy atom. The fourth-order valence-corrected chi connectivity index (χ4v) is 0.783. The summed E-state index contributed by atoms with van der Waals surface area (Å²) in [6.45, 7) is 2.04. The molecule has 1 aliphatic rings. The lowest BCUT2D eigenvalue weighted by Gasteiger charge is -1.86. The molecular formula is C8H9N2+. The molecule has 0 aromatic carbocycles. The molecule has 0 spiro atoms. The fourth-order valence-electron chi connectivity index (χ4n) is 0.783. The molecule has 1 aliphatic carbocycles. The van der Waals surface area contributed by atoms with Gasteiger partial charge in [-0.05, 0) is 13.3 Å². The Bertz CT molecular complexity index is 251. The molecule has 0 radical (unpaired) electrons. The Morgan fingerprint density at radius 3 is 3.00 bits per heavy atom. The number of rotatable bonds is 0. The van der Waals surface area contributed by atoms with Gasteiger partial charge in [0, 0.05) is 12.2 Å². The van der Waals surface area contributed by atoms with Gasteiger partial charge in [-0.15, -0.1) is 0 Å². The Morgan fingerprint density at radius 1 is 1.50 bits per heavy atom. The van der Waals surface area contributed by atoms with E-state index in [0.29, 0.717) is 5.70 Å². The second-order valence-electron chi connectivity index (χ2n) is 2.31. The van der Waals surface area contributed by atoms with Crippen molar-refractivity contribution in [2.75, 3.05) is 0 Å². The highest BCUT2D eigenvalue weighted by molar-refractivity contribution is 5.33. The van der Waals surface area contributed by atoms with Gasteiger partial charge in [0.2, 0.25) is 5.39 Å². The van der Waals surface area contributed by atoms with E-state index in [1.807, 2.05) is 19.1 Å². The quantitative estimate of drug-likeness (QED) is 0.467. The van der Waals surface area contributed by atoms with Gasteiger partial charge < -0.3 is 0 Å². The van der Waals surface area contributed by atoms with Gasteiger partial charge in [-0.1, -0.05) is 17.7 Å². The van der Waals surface area contributed by atoms with Crippen molar-refractivity contribution in [2.24, 2.45) is 0 Å². The molecule has 0 saturated carbocycles. The van der Waals surface area contributed by atoms with E-state index in [2.05, 4.69) is 4.98 Å². The standard InChI is InChI=1S/C8H9N2/c1-7-3-2-4-8(10-9)6-5-7/h2,4-6H,3H2,1H3/q+1. The molecule has 50 valence electrons. The summed E-state index contributed by atoms with van der Waals surface area (Å²) in [5.41, 5.74) is 1.88. The van der Waals surface area contributed by atoms with Gasteiger partial charge in [0.15, 0.2) is 4.98 Å². The highest BCUT2D eigenvalue weighted by atomic mass is 14.8. The minimum Gasteiger partial charge on any atom is -0.0724 e. The van der Waals surface area contributed by atoms with E-state index in [9.17, 15) is 0 Å². The number of diazo groups is 1. The fraction of sp³-hybridized carbons (Fsp3) is 0.250. The van der Waals surface area contributed by atoms with Gasteiger partial charge in [0.05, 0.1) is 0 Å². The first-order chi connectivity index (χ1) is 4.83. The van der Waals surface area contributed by atoms with Crippen molar-refractivity contribution in [3.05, 3.63) is 40.6 Å². The van der Waals surface area contributed by atoms with Crippen molar-refractivity contribution in [3.8, 4) is 0 Å². The number of hydrogen-bond donors (Lipinski definition) is 0. The van der Waals surface area contributed by atoms with Crippen molar-refractivity contribution in [2.45, 2.75) is 13.3 Å². The van der Waals surface area contributed by atoms with E-state index in [-0.39, 0.29) is 0 Å². The average Bonchev–Trinajstić information content (AvgIpc) is 2.14. The number of hydrogen-bond acceptors (Lipinski definition) is 1. The zero-order valence-corrected chi connectivity index (χ0v) is 5.91. The first kappa shape index (κ1) is 6.76. The minimum absolute atomic E-state index is 0.608. The maximum atomic E-state index is 8.38. The van der Waals surface area contributed by atoms with Crippen LogP contribution in [0, 0.1) is 5.39 Å². The second kappa shape index (κ2) is 2.98. The number of nitrogens with zero attached hydrogens (tertiary/aromatic N) is 2. The lowest BCUT2D eigenvalue weighted by atomic mass is 10.2. The highest BCUT2D eigenvalue weighted by Crippen LogP contribution is 2.10. The molecule has 0 heterocycles. The maximum Gasteiger partial charge on any atom is 0.384 e. The molecule has 0 aromatic heterocycles. The molecule has 0 amide bonds. The molecule has 0 aromatic rings. The van der Waals surface area contributed by atoms with Crippen molar-refractivity contribution < 1.29 is 0 Å². The smallest absolute Gasteiger partial charge is 0.0724 e. The highest BCUT2D eigenvalue weighted by Gasteiger charge is 2.04. The molecule has 0 saturated heterocycles. The zero-order valence-electron chi connectivity index (χ0n) is 5.91. The summed E-state index contributed by atoms with van der Waals surface area (Å²) in [4.78, 5) is 3.07. The summed E-state index contributed by atoms with van der Waals surface area (Å²) < 4.78 is 0. The third kappa shape index (κ3) is 1.56. The Labute approximate surface area is 60.2 Å². The van der Waals surface area contributed by atoms with Crippen molar-refractivity contribution in [3.63, 3.8) is 0 Å². The molecule has 0 fully saturated rings. The van der Waals surface area contributed by atoms with Crippen molar-refractivity contribution in [1.82, 2.24) is 0 Å². The van der Waals surface area contributed by atoms with Crippen LogP contribution in [-0.2, 0) is 0 Å². The molecule has 0 N–H and O–H groups in total. The normalized spacial score (nSPS) is 16.8. The van der Waals surface area contributed by atoms with Gasteiger partial charge in [0.1, 0.15) is 0 Å². The van der Waals surface area contributed by atoms with E-state index in [1.54, 1.807) is 12.2 Å². The van der Waals surface area contributed by atoms with Gasteiger partial charge in [0.25, 0.3) is 0 Å². The molecule has 1 rings (SSSR count). The largest absolute Gasteiger partial charge is 0.384 e. The van der Waals surface area contributed by atoms with E-state index in [1.165, 1.54) is 5.57 Å². The molecule has 2 heteroatoms. The molecular weight excluding hydrogens is 124 g/mol. The maximum absolute atomic E-state index is 8.38. The zero-order chi connectivity index (χ0) is 7.40. The second-order valence-corrected chi connectivity index (χ2v) is 2.31. The summed E-state index contributed by atoms with van der Waals surface area (Å²) >= 11 is 0. The first-order valence-electron chi connectivity index (χ1n) is 3.22. The van der Waals surface area contributed by atoms with Gasteiger partial charge in [-0.25, -0.2) is 0 Å². The van der Waals surface area contributed by atoms with E-state index in [0.717, 1.165) is 6.42 Å². The minimum atomic E-state index is 0.608. The summed E-state index contributed by atoms with van der Waals surface area (Å²) in [6.07, 6.45) is 8.46. The molecule has 0 bridgehead atoms. The third-order valence-corrected chi connectivity index (χ3v) is 1.38. The van der Waals surface area contributed by atoms with Crippen molar-refractivity contribution in [1.29, 1.82) is 5.39 Å². The summed E-state index contributed by atoms with van der Waals surface area (Å²) in [7, 11) is 0. The molecule has 0 unspecified atom stereocenters. The monoisotopic (exact) mass is 133 g/mol. The van der Waals surface area contributed by atoms with Gasteiger partial charge >= 0.3 is 5.70 Å². The third-order valence-electron chi connectivity index (χ3n) is 1.38. The molecule has 10 heavy (non-hydrogen) atoms. The summed E-state index contributed by atoms with van der Waals surface area (Å²) in [5.74, 6) is 0. The Kier molecular flexibility index (Phi) is 2.01. The lowest BCUT2D eigenvalue weighted by Crippen LogP contribution is -1.66. The van der Waals surface area contributed by atoms with E-state index < -0.39 is 0 Å². The van der Waals surface area contributed by atoms with Crippen LogP contribution in [0.5, 0.6) is 0 Å². The van der Waals surface area contributed by atoms with Crippen LogP contribution in [0.3, 0.4) is 0 Å². The SMILES string of the molecule is CC1=CC=C([N+]#N)C=CC1. The van der Waals surface area contributed by atoms with Crippen LogP contribution in [-0.4, -0.2) is 0 Å². The molecule has 2 nitrogen and oxygen atoms in total. The average molecular weight is 133 g/mol. The van der Waals surface area contributed by atoms with E-state index >= 15 is 0 Å². The molecule has 0 aliphatic heterocycles. The Balaban J connectivity index is 2.88. The van der Waals surface area contributed by atoms with Crippen LogP contribution in [0.2, 0.25) is 0 Å².